The molecule has 1 aliphatic heterocycles. The monoisotopic (exact) mass is 378 g/mol. The van der Waals surface area contributed by atoms with Gasteiger partial charge in [0.2, 0.25) is 11.8 Å². The van der Waals surface area contributed by atoms with Gasteiger partial charge in [-0.05, 0) is 18.5 Å². The van der Waals surface area contributed by atoms with Crippen LogP contribution in [0.4, 0.5) is 0 Å². The summed E-state index contributed by atoms with van der Waals surface area (Å²) in [6.07, 6.45) is 1.41. The van der Waals surface area contributed by atoms with E-state index in [1.54, 1.807) is 0 Å². The van der Waals surface area contributed by atoms with Gasteiger partial charge in [-0.3, -0.25) is 14.5 Å². The van der Waals surface area contributed by atoms with Gasteiger partial charge >= 0.3 is 0 Å². The zero-order valence-electron chi connectivity index (χ0n) is 15.4. The molecule has 6 nitrogen and oxygen atoms in total. The lowest BCUT2D eigenvalue weighted by atomic mass is 10.2. The van der Waals surface area contributed by atoms with Crippen molar-refractivity contribution in [3.8, 4) is 0 Å². The van der Waals surface area contributed by atoms with Gasteiger partial charge in [0, 0.05) is 51.4 Å². The maximum atomic E-state index is 11.7. The summed E-state index contributed by atoms with van der Waals surface area (Å²) in [4.78, 5) is 27.3. The summed E-state index contributed by atoms with van der Waals surface area (Å²) in [5, 5.41) is 2.95. The molecule has 7 heteroatoms. The van der Waals surface area contributed by atoms with Crippen LogP contribution in [-0.2, 0) is 16.1 Å². The third kappa shape index (κ3) is 8.69. The van der Waals surface area contributed by atoms with Crippen molar-refractivity contribution in [2.45, 2.75) is 19.4 Å². The van der Waals surface area contributed by atoms with Crippen LogP contribution in [0, 0.1) is 0 Å². The first kappa shape index (κ1) is 20.7. The fourth-order valence-electron chi connectivity index (χ4n) is 2.97. The topological polar surface area (TPSA) is 78.7 Å². The summed E-state index contributed by atoms with van der Waals surface area (Å²) in [5.41, 5.74) is 6.43. The van der Waals surface area contributed by atoms with Gasteiger partial charge in [0.15, 0.2) is 0 Å². The number of carbonyl (C=O) groups excluding carboxylic acids is 2. The van der Waals surface area contributed by atoms with Crippen LogP contribution < -0.4 is 11.1 Å². The van der Waals surface area contributed by atoms with Gasteiger partial charge in [-0.2, -0.15) is 11.8 Å². The molecule has 0 unspecified atom stereocenters. The lowest BCUT2D eigenvalue weighted by Crippen LogP contribution is -2.46. The Morgan fingerprint density at radius 2 is 1.77 bits per heavy atom. The van der Waals surface area contributed by atoms with Crippen molar-refractivity contribution < 1.29 is 9.59 Å². The highest BCUT2D eigenvalue weighted by Gasteiger charge is 2.16. The first-order chi connectivity index (χ1) is 12.6. The average Bonchev–Trinajstić information content (AvgIpc) is 2.64. The Bertz CT molecular complexity index is 548. The Hall–Kier alpha value is -1.57. The summed E-state index contributed by atoms with van der Waals surface area (Å²) in [7, 11) is 0. The van der Waals surface area contributed by atoms with E-state index in [4.69, 9.17) is 5.73 Å². The Balaban J connectivity index is 1.48. The van der Waals surface area contributed by atoms with Crippen molar-refractivity contribution in [1.82, 2.24) is 15.1 Å². The molecule has 0 radical (unpaired) electrons. The molecule has 3 N–H and O–H groups in total. The number of primary amides is 1. The van der Waals surface area contributed by atoms with Crippen LogP contribution in [0.2, 0.25) is 0 Å². The van der Waals surface area contributed by atoms with Crippen molar-refractivity contribution in [1.29, 1.82) is 0 Å². The van der Waals surface area contributed by atoms with Crippen LogP contribution >= 0.6 is 11.8 Å². The number of thioether (sulfide) groups is 1. The van der Waals surface area contributed by atoms with Crippen LogP contribution in [-0.4, -0.2) is 72.4 Å². The highest BCUT2D eigenvalue weighted by Crippen LogP contribution is 2.08. The normalized spacial score (nSPS) is 15.7. The molecular weight excluding hydrogens is 348 g/mol. The molecule has 2 rings (SSSR count). The summed E-state index contributed by atoms with van der Waals surface area (Å²) < 4.78 is 0. The predicted octanol–water partition coefficient (Wildman–Crippen LogP) is 0.919. The summed E-state index contributed by atoms with van der Waals surface area (Å²) in [6.45, 7) is 7.13. The molecule has 0 saturated carbocycles. The van der Waals surface area contributed by atoms with Crippen molar-refractivity contribution in [3.05, 3.63) is 35.9 Å². The predicted molar refractivity (Wildman–Crippen MR) is 107 cm³/mol. The first-order valence-corrected chi connectivity index (χ1v) is 10.4. The van der Waals surface area contributed by atoms with Crippen LogP contribution in [0.1, 0.15) is 18.4 Å². The molecule has 0 aliphatic carbocycles. The molecule has 1 aromatic rings. The standard InChI is InChI=1S/C19H30N4O2S/c20-18(24)16-26-14-7-19(25)21-8-4-9-22-10-12-23(13-11-22)15-17-5-2-1-3-6-17/h1-3,5-6H,4,7-16H2,(H2,20,24)(H,21,25). The largest absolute Gasteiger partial charge is 0.369 e. The summed E-state index contributed by atoms with van der Waals surface area (Å²) in [5.74, 6) is 0.635. The number of amides is 2. The van der Waals surface area contributed by atoms with Gasteiger partial charge in [-0.15, -0.1) is 0 Å². The maximum absolute atomic E-state index is 11.7. The van der Waals surface area contributed by atoms with Gasteiger partial charge < -0.3 is 16.0 Å². The van der Waals surface area contributed by atoms with E-state index in [0.29, 0.717) is 18.7 Å². The second-order valence-electron chi connectivity index (χ2n) is 6.58. The van der Waals surface area contributed by atoms with Gasteiger partial charge in [-0.25, -0.2) is 0 Å². The molecular formula is C19H30N4O2S. The van der Waals surface area contributed by atoms with Crippen LogP contribution in [0.5, 0.6) is 0 Å². The van der Waals surface area contributed by atoms with Gasteiger partial charge in [0.05, 0.1) is 5.75 Å². The highest BCUT2D eigenvalue weighted by molar-refractivity contribution is 7.99. The lowest BCUT2D eigenvalue weighted by molar-refractivity contribution is -0.120. The molecule has 1 fully saturated rings. The van der Waals surface area contributed by atoms with Crippen LogP contribution in [0.15, 0.2) is 30.3 Å². The fraction of sp³-hybridized carbons (Fsp3) is 0.579. The van der Waals surface area contributed by atoms with Gasteiger partial charge in [0.25, 0.3) is 0 Å². The number of benzene rings is 1. The molecule has 1 aliphatic rings. The van der Waals surface area contributed by atoms with Crippen molar-refractivity contribution >= 4 is 23.6 Å². The quantitative estimate of drug-likeness (QED) is 0.560. The van der Waals surface area contributed by atoms with E-state index in [-0.39, 0.29) is 17.6 Å². The average molecular weight is 379 g/mol. The van der Waals surface area contributed by atoms with E-state index in [2.05, 4.69) is 45.4 Å². The Morgan fingerprint density at radius 3 is 2.46 bits per heavy atom. The maximum Gasteiger partial charge on any atom is 0.227 e. The number of hydrogen-bond acceptors (Lipinski definition) is 5. The molecule has 0 bridgehead atoms. The van der Waals surface area contributed by atoms with Crippen LogP contribution in [0.3, 0.4) is 0 Å². The molecule has 26 heavy (non-hydrogen) atoms. The van der Waals surface area contributed by atoms with E-state index < -0.39 is 0 Å². The van der Waals surface area contributed by atoms with Crippen molar-refractivity contribution in [2.75, 3.05) is 50.8 Å². The third-order valence-electron chi connectivity index (χ3n) is 4.40. The number of nitrogens with one attached hydrogen (secondary N) is 1. The molecule has 0 atom stereocenters. The highest BCUT2D eigenvalue weighted by atomic mass is 32.2. The SMILES string of the molecule is NC(=O)CSCCC(=O)NCCCN1CCN(Cc2ccccc2)CC1. The molecule has 144 valence electrons. The minimum atomic E-state index is -0.334. The minimum absolute atomic E-state index is 0.0506. The molecule has 0 spiro atoms. The molecule has 1 aromatic carbocycles. The first-order valence-electron chi connectivity index (χ1n) is 9.25. The number of nitrogens with zero attached hydrogens (tertiary/aromatic N) is 2. The smallest absolute Gasteiger partial charge is 0.227 e. The fourth-order valence-corrected chi connectivity index (χ4v) is 3.64. The number of nitrogens with two attached hydrogens (primary N) is 1. The van der Waals surface area contributed by atoms with E-state index in [0.717, 1.165) is 45.7 Å². The summed E-state index contributed by atoms with van der Waals surface area (Å²) in [6, 6.07) is 10.6. The zero-order chi connectivity index (χ0) is 18.6. The van der Waals surface area contributed by atoms with E-state index in [1.165, 1.54) is 17.3 Å². The molecule has 1 saturated heterocycles. The minimum Gasteiger partial charge on any atom is -0.369 e. The van der Waals surface area contributed by atoms with Gasteiger partial charge in [0.1, 0.15) is 0 Å². The van der Waals surface area contributed by atoms with Crippen molar-refractivity contribution in [3.63, 3.8) is 0 Å². The molecule has 0 aromatic heterocycles. The summed E-state index contributed by atoms with van der Waals surface area (Å²) >= 11 is 1.40. The van der Waals surface area contributed by atoms with E-state index in [9.17, 15) is 9.59 Å². The number of hydrogen-bond donors (Lipinski definition) is 2. The Labute approximate surface area is 160 Å². The van der Waals surface area contributed by atoms with E-state index >= 15 is 0 Å². The lowest BCUT2D eigenvalue weighted by Gasteiger charge is -2.34. The number of rotatable bonds is 11. The zero-order valence-corrected chi connectivity index (χ0v) is 16.2. The van der Waals surface area contributed by atoms with Gasteiger partial charge in [-0.1, -0.05) is 30.3 Å². The van der Waals surface area contributed by atoms with Crippen molar-refractivity contribution in [2.24, 2.45) is 5.73 Å². The number of piperazine rings is 1. The van der Waals surface area contributed by atoms with E-state index in [1.807, 2.05) is 0 Å². The Morgan fingerprint density at radius 1 is 1.08 bits per heavy atom. The molecule has 2 amide bonds. The molecule has 1 heterocycles. The number of carbonyl (C=O) groups is 2. The second-order valence-corrected chi connectivity index (χ2v) is 7.68. The Kier molecular flexibility index (Phi) is 9.52. The third-order valence-corrected chi connectivity index (χ3v) is 5.39. The van der Waals surface area contributed by atoms with Crippen LogP contribution in [0.25, 0.3) is 0 Å². The second kappa shape index (κ2) is 11.9.